The number of benzene rings is 3. The zero-order chi connectivity index (χ0) is 21.3. The zero-order valence-corrected chi connectivity index (χ0v) is 17.2. The number of rotatable bonds is 6. The molecule has 0 aliphatic heterocycles. The summed E-state index contributed by atoms with van der Waals surface area (Å²) in [5.74, 6) is 1.82. The molecule has 8 heteroatoms. The molecule has 1 heterocycles. The molecule has 1 aromatic heterocycles. The number of fused-ring (bicyclic) bond motifs is 1. The van der Waals surface area contributed by atoms with E-state index in [1.54, 1.807) is 18.2 Å². The summed E-state index contributed by atoms with van der Waals surface area (Å²) >= 11 is 0. The van der Waals surface area contributed by atoms with Crippen molar-refractivity contribution in [3.05, 3.63) is 83.9 Å². The fourth-order valence-corrected chi connectivity index (χ4v) is 3.61. The summed E-state index contributed by atoms with van der Waals surface area (Å²) < 4.78 is 48.8. The number of ether oxygens (including phenoxy) is 1. The maximum atomic E-state index is 14.0. The highest BCUT2D eigenvalue weighted by Gasteiger charge is 2.11. The van der Waals surface area contributed by atoms with Gasteiger partial charge in [0.25, 0.3) is 0 Å². The minimum absolute atomic E-state index is 0.222. The molecule has 4 aromatic rings. The fourth-order valence-electron chi connectivity index (χ4n) is 3.15. The number of imidazole rings is 1. The van der Waals surface area contributed by atoms with Gasteiger partial charge in [-0.2, -0.15) is 8.42 Å². The molecule has 0 spiro atoms. The Morgan fingerprint density at radius 3 is 2.17 bits per heavy atom. The molecule has 0 aliphatic rings. The number of aryl methyl sites for hydroxylation is 1. The first-order chi connectivity index (χ1) is 14.3. The molecule has 3 aromatic carbocycles. The predicted molar refractivity (Wildman–Crippen MR) is 112 cm³/mol. The van der Waals surface area contributed by atoms with Gasteiger partial charge in [0.15, 0.2) is 5.82 Å². The van der Waals surface area contributed by atoms with Crippen LogP contribution in [-0.4, -0.2) is 24.2 Å². The van der Waals surface area contributed by atoms with Crippen LogP contribution in [0.3, 0.4) is 0 Å². The molecule has 0 fully saturated rings. The van der Waals surface area contributed by atoms with Gasteiger partial charge < -0.3 is 13.5 Å². The van der Waals surface area contributed by atoms with Crippen molar-refractivity contribution in [3.63, 3.8) is 0 Å². The molecule has 154 valence electrons. The number of hydrogen-bond donors (Lipinski definition) is 0. The molecular formula is C22H19FN2O4S. The number of aromatic nitrogens is 2. The van der Waals surface area contributed by atoms with E-state index in [0.717, 1.165) is 23.2 Å². The van der Waals surface area contributed by atoms with E-state index < -0.39 is 10.1 Å². The van der Waals surface area contributed by atoms with Crippen LogP contribution in [0.15, 0.2) is 66.7 Å². The molecule has 4 rings (SSSR count). The van der Waals surface area contributed by atoms with Crippen molar-refractivity contribution in [1.29, 1.82) is 0 Å². The number of hydrogen-bond acceptors (Lipinski definition) is 5. The Bertz CT molecular complexity index is 1300. The van der Waals surface area contributed by atoms with E-state index in [-0.39, 0.29) is 11.6 Å². The molecule has 0 unspecified atom stereocenters. The zero-order valence-electron chi connectivity index (χ0n) is 16.4. The molecule has 0 atom stereocenters. The third-order valence-corrected chi connectivity index (χ3v) is 4.99. The van der Waals surface area contributed by atoms with E-state index in [9.17, 15) is 12.8 Å². The van der Waals surface area contributed by atoms with Crippen LogP contribution >= 0.6 is 0 Å². The highest BCUT2D eigenvalue weighted by molar-refractivity contribution is 7.86. The van der Waals surface area contributed by atoms with E-state index in [1.165, 1.54) is 18.2 Å². The predicted octanol–water partition coefficient (Wildman–Crippen LogP) is 4.66. The Morgan fingerprint density at radius 2 is 1.53 bits per heavy atom. The molecule has 0 N–H and O–H groups in total. The molecule has 0 saturated heterocycles. The average molecular weight is 426 g/mol. The first-order valence-electron chi connectivity index (χ1n) is 9.16. The van der Waals surface area contributed by atoms with Crippen molar-refractivity contribution >= 4 is 21.2 Å². The molecule has 0 amide bonds. The van der Waals surface area contributed by atoms with Crippen molar-refractivity contribution in [1.82, 2.24) is 9.55 Å². The summed E-state index contributed by atoms with van der Waals surface area (Å²) in [7, 11) is -3.56. The lowest BCUT2D eigenvalue weighted by atomic mass is 10.2. The van der Waals surface area contributed by atoms with Crippen LogP contribution in [-0.2, 0) is 16.7 Å². The van der Waals surface area contributed by atoms with Crippen LogP contribution in [0.5, 0.6) is 17.2 Å². The second kappa shape index (κ2) is 7.79. The fraction of sp³-hybridized carbons (Fsp3) is 0.136. The number of nitrogens with zero attached hydrogens (tertiary/aromatic N) is 2. The highest BCUT2D eigenvalue weighted by Crippen LogP contribution is 2.26. The maximum absolute atomic E-state index is 14.0. The van der Waals surface area contributed by atoms with Gasteiger partial charge in [0, 0.05) is 6.54 Å². The molecule has 30 heavy (non-hydrogen) atoms. The van der Waals surface area contributed by atoms with Crippen molar-refractivity contribution in [2.75, 3.05) is 6.26 Å². The third-order valence-electron chi connectivity index (χ3n) is 4.49. The summed E-state index contributed by atoms with van der Waals surface area (Å²) in [5.41, 5.74) is 2.15. The van der Waals surface area contributed by atoms with E-state index in [4.69, 9.17) is 8.92 Å². The van der Waals surface area contributed by atoms with E-state index in [1.807, 2.05) is 41.8 Å². The van der Waals surface area contributed by atoms with E-state index in [0.29, 0.717) is 23.6 Å². The molecular weight excluding hydrogens is 407 g/mol. The summed E-state index contributed by atoms with van der Waals surface area (Å²) in [6, 6.07) is 18.8. The second-order valence-electron chi connectivity index (χ2n) is 6.86. The summed E-state index contributed by atoms with van der Waals surface area (Å²) in [5, 5.41) is 0. The average Bonchev–Trinajstić information content (AvgIpc) is 3.01. The minimum atomic E-state index is -3.56. The SMILES string of the molecule is Cc1nc2c(F)cccc2n1Cc1ccc(Oc2ccc(OS(C)(=O)=O)cc2)cc1. The minimum Gasteiger partial charge on any atom is -0.457 e. The first kappa shape index (κ1) is 19.9. The van der Waals surface area contributed by atoms with Crippen molar-refractivity contribution in [3.8, 4) is 17.2 Å². The van der Waals surface area contributed by atoms with Gasteiger partial charge in [-0.25, -0.2) is 9.37 Å². The Labute approximate surface area is 173 Å². The van der Waals surface area contributed by atoms with Gasteiger partial charge in [0.1, 0.15) is 28.6 Å². The van der Waals surface area contributed by atoms with Crippen LogP contribution in [0.1, 0.15) is 11.4 Å². The van der Waals surface area contributed by atoms with Crippen molar-refractivity contribution < 1.29 is 21.7 Å². The quantitative estimate of drug-likeness (QED) is 0.419. The largest absolute Gasteiger partial charge is 0.457 e. The lowest BCUT2D eigenvalue weighted by Crippen LogP contribution is -2.05. The normalized spacial score (nSPS) is 11.6. The Kier molecular flexibility index (Phi) is 5.17. The van der Waals surface area contributed by atoms with Gasteiger partial charge in [-0.15, -0.1) is 0 Å². The van der Waals surface area contributed by atoms with Crippen LogP contribution in [0.4, 0.5) is 4.39 Å². The standard InChI is InChI=1S/C22H19FN2O4S/c1-15-24-22-20(23)4-3-5-21(22)25(15)14-16-6-8-17(9-7-16)28-18-10-12-19(13-11-18)29-30(2,26)27/h3-13H,14H2,1-2H3. The Morgan fingerprint density at radius 1 is 0.933 bits per heavy atom. The van der Waals surface area contributed by atoms with Crippen LogP contribution in [0, 0.1) is 12.7 Å². The first-order valence-corrected chi connectivity index (χ1v) is 11.0. The van der Waals surface area contributed by atoms with E-state index >= 15 is 0 Å². The third kappa shape index (κ3) is 4.44. The highest BCUT2D eigenvalue weighted by atomic mass is 32.2. The number of para-hydroxylation sites is 1. The second-order valence-corrected chi connectivity index (χ2v) is 8.43. The summed E-state index contributed by atoms with van der Waals surface area (Å²) in [6.07, 6.45) is 0.990. The molecule has 0 aliphatic carbocycles. The maximum Gasteiger partial charge on any atom is 0.306 e. The van der Waals surface area contributed by atoms with Gasteiger partial charge in [-0.3, -0.25) is 0 Å². The van der Waals surface area contributed by atoms with Crippen LogP contribution in [0.25, 0.3) is 11.0 Å². The van der Waals surface area contributed by atoms with Gasteiger partial charge in [-0.05, 0) is 61.0 Å². The van der Waals surface area contributed by atoms with Gasteiger partial charge >= 0.3 is 10.1 Å². The van der Waals surface area contributed by atoms with E-state index in [2.05, 4.69) is 4.98 Å². The summed E-state index contributed by atoms with van der Waals surface area (Å²) in [4.78, 5) is 4.33. The van der Waals surface area contributed by atoms with Crippen LogP contribution < -0.4 is 8.92 Å². The van der Waals surface area contributed by atoms with Gasteiger partial charge in [0.2, 0.25) is 0 Å². The summed E-state index contributed by atoms with van der Waals surface area (Å²) in [6.45, 7) is 2.41. The lowest BCUT2D eigenvalue weighted by Gasteiger charge is -2.10. The monoisotopic (exact) mass is 426 g/mol. The Balaban J connectivity index is 1.47. The van der Waals surface area contributed by atoms with Crippen LogP contribution in [0.2, 0.25) is 0 Å². The smallest absolute Gasteiger partial charge is 0.306 e. The van der Waals surface area contributed by atoms with Crippen molar-refractivity contribution in [2.24, 2.45) is 0 Å². The van der Waals surface area contributed by atoms with Gasteiger partial charge in [0.05, 0.1) is 11.8 Å². The molecule has 6 nitrogen and oxygen atoms in total. The molecule has 0 bridgehead atoms. The lowest BCUT2D eigenvalue weighted by molar-refractivity contribution is 0.476. The molecule has 0 saturated carbocycles. The molecule has 0 radical (unpaired) electrons. The van der Waals surface area contributed by atoms with Gasteiger partial charge in [-0.1, -0.05) is 18.2 Å². The number of halogens is 1. The Hall–Kier alpha value is -3.39. The van der Waals surface area contributed by atoms with Crippen molar-refractivity contribution in [2.45, 2.75) is 13.5 Å². The topological polar surface area (TPSA) is 70.4 Å².